The van der Waals surface area contributed by atoms with Gasteiger partial charge in [0.15, 0.2) is 0 Å². The zero-order chi connectivity index (χ0) is 6.04. The largest absolute Gasteiger partial charge is 0.119 e. The van der Waals surface area contributed by atoms with Gasteiger partial charge >= 0.3 is 0 Å². The van der Waals surface area contributed by atoms with Gasteiger partial charge in [0.1, 0.15) is 0 Å². The van der Waals surface area contributed by atoms with Crippen LogP contribution in [0.5, 0.6) is 0 Å². The summed E-state index contributed by atoms with van der Waals surface area (Å²) in [5, 5.41) is 0. The number of hydrogen-bond donors (Lipinski definition) is 0. The van der Waals surface area contributed by atoms with Crippen molar-refractivity contribution in [2.45, 2.75) is 37.5 Å². The summed E-state index contributed by atoms with van der Waals surface area (Å²) in [7, 11) is 0. The average Bonchev–Trinajstić information content (AvgIpc) is 2.17. The van der Waals surface area contributed by atoms with Crippen molar-refractivity contribution >= 4 is 11.6 Å². The number of rotatable bonds is 1. The van der Waals surface area contributed by atoms with E-state index in [9.17, 15) is 0 Å². The van der Waals surface area contributed by atoms with Crippen LogP contribution in [0.25, 0.3) is 0 Å². The average molecular weight is 132 g/mol. The molecule has 0 aromatic carbocycles. The monoisotopic (exact) mass is 131 g/mol. The Hall–Kier alpha value is 0.290. The Balaban J connectivity index is 2.40. The normalized spacial score (nSPS) is 26.2. The van der Waals surface area contributed by atoms with Crippen LogP contribution in [0.1, 0.15) is 32.6 Å². The highest BCUT2D eigenvalue weighted by atomic mass is 35.5. The summed E-state index contributed by atoms with van der Waals surface area (Å²) < 4.78 is 0. The first-order valence-electron chi connectivity index (χ1n) is 3.26. The van der Waals surface area contributed by atoms with Crippen LogP contribution >= 0.6 is 11.6 Å². The van der Waals surface area contributed by atoms with Gasteiger partial charge in [-0.15, -0.1) is 11.6 Å². The second-order valence-corrected chi connectivity index (χ2v) is 3.28. The molecule has 1 rings (SSSR count). The zero-order valence-electron chi connectivity index (χ0n) is 5.28. The van der Waals surface area contributed by atoms with Gasteiger partial charge in [-0.25, -0.2) is 0 Å². The highest BCUT2D eigenvalue weighted by Crippen LogP contribution is 2.37. The molecule has 8 heavy (non-hydrogen) atoms. The first-order valence-corrected chi connectivity index (χ1v) is 3.64. The smallest absolute Gasteiger partial charge is 0.0475 e. The maximum absolute atomic E-state index is 6.10. The Morgan fingerprint density at radius 1 is 1.38 bits per heavy atom. The van der Waals surface area contributed by atoms with Crippen LogP contribution < -0.4 is 0 Å². The number of hydrogen-bond acceptors (Lipinski definition) is 0. The Morgan fingerprint density at radius 2 is 1.88 bits per heavy atom. The molecule has 1 aliphatic rings. The van der Waals surface area contributed by atoms with Gasteiger partial charge in [0.05, 0.1) is 0 Å². The molecule has 0 nitrogen and oxygen atoms in total. The molecule has 0 amide bonds. The van der Waals surface area contributed by atoms with Gasteiger partial charge in [-0.2, -0.15) is 0 Å². The van der Waals surface area contributed by atoms with Gasteiger partial charge < -0.3 is 0 Å². The van der Waals surface area contributed by atoms with E-state index in [0.717, 1.165) is 0 Å². The third kappa shape index (κ3) is 1.17. The lowest BCUT2D eigenvalue weighted by atomic mass is 10.1. The molecule has 1 saturated carbocycles. The first kappa shape index (κ1) is 6.41. The van der Waals surface area contributed by atoms with Gasteiger partial charge in [-0.3, -0.25) is 0 Å². The second kappa shape index (κ2) is 2.26. The maximum atomic E-state index is 6.10. The Labute approximate surface area is 56.2 Å². The van der Waals surface area contributed by atoms with Crippen LogP contribution in [0.15, 0.2) is 0 Å². The lowest BCUT2D eigenvalue weighted by Crippen LogP contribution is -2.13. The summed E-state index contributed by atoms with van der Waals surface area (Å²) in [6.07, 6.45) is 7.12. The molecular formula is C7H12Cl. The SMILES string of the molecule is C[CH]C1(Cl)CCCC1. The predicted molar refractivity (Wildman–Crippen MR) is 37.0 cm³/mol. The van der Waals surface area contributed by atoms with Crippen LogP contribution in [-0.4, -0.2) is 4.87 Å². The van der Waals surface area contributed by atoms with E-state index >= 15 is 0 Å². The Bertz CT molecular complexity index is 72.5. The predicted octanol–water partition coefficient (Wildman–Crippen LogP) is 2.76. The van der Waals surface area contributed by atoms with Crippen molar-refractivity contribution in [3.05, 3.63) is 6.42 Å². The van der Waals surface area contributed by atoms with Crippen molar-refractivity contribution < 1.29 is 0 Å². The van der Waals surface area contributed by atoms with E-state index < -0.39 is 0 Å². The molecule has 1 aliphatic carbocycles. The Kier molecular flexibility index (Phi) is 1.81. The van der Waals surface area contributed by atoms with E-state index in [1.807, 2.05) is 0 Å². The minimum atomic E-state index is 0.0833. The third-order valence-corrected chi connectivity index (χ3v) is 2.55. The molecule has 0 bridgehead atoms. The molecule has 0 unspecified atom stereocenters. The van der Waals surface area contributed by atoms with Crippen molar-refractivity contribution in [3.8, 4) is 0 Å². The summed E-state index contributed by atoms with van der Waals surface area (Å²) in [6, 6.07) is 0. The van der Waals surface area contributed by atoms with Crippen LogP contribution in [0.3, 0.4) is 0 Å². The molecule has 0 N–H and O–H groups in total. The van der Waals surface area contributed by atoms with Crippen molar-refractivity contribution in [2.24, 2.45) is 0 Å². The second-order valence-electron chi connectivity index (χ2n) is 2.53. The standard InChI is InChI=1S/C7H12Cl/c1-2-7(8)5-3-4-6-7/h2H,3-6H2,1H3. The van der Waals surface area contributed by atoms with Crippen LogP contribution in [0.2, 0.25) is 0 Å². The fourth-order valence-corrected chi connectivity index (χ4v) is 1.52. The summed E-state index contributed by atoms with van der Waals surface area (Å²) >= 11 is 6.10. The molecule has 0 aliphatic heterocycles. The molecule has 0 aromatic heterocycles. The molecule has 47 valence electrons. The van der Waals surface area contributed by atoms with Crippen LogP contribution in [0.4, 0.5) is 0 Å². The van der Waals surface area contributed by atoms with Crippen molar-refractivity contribution in [2.75, 3.05) is 0 Å². The number of alkyl halides is 1. The van der Waals surface area contributed by atoms with E-state index in [1.165, 1.54) is 25.7 Å². The topological polar surface area (TPSA) is 0 Å². The van der Waals surface area contributed by atoms with Gasteiger partial charge in [-0.1, -0.05) is 19.8 Å². The fraction of sp³-hybridized carbons (Fsp3) is 0.857. The summed E-state index contributed by atoms with van der Waals surface area (Å²) in [6.45, 7) is 2.05. The zero-order valence-corrected chi connectivity index (χ0v) is 6.04. The molecule has 1 heteroatoms. The quantitative estimate of drug-likeness (QED) is 0.480. The van der Waals surface area contributed by atoms with E-state index in [-0.39, 0.29) is 4.87 Å². The van der Waals surface area contributed by atoms with E-state index in [0.29, 0.717) is 0 Å². The van der Waals surface area contributed by atoms with Crippen LogP contribution in [-0.2, 0) is 0 Å². The lowest BCUT2D eigenvalue weighted by molar-refractivity contribution is 0.681. The third-order valence-electron chi connectivity index (χ3n) is 1.95. The molecule has 1 fully saturated rings. The minimum Gasteiger partial charge on any atom is -0.119 e. The first-order chi connectivity index (χ1) is 3.77. The summed E-state index contributed by atoms with van der Waals surface area (Å²) in [5.74, 6) is 0. The highest BCUT2D eigenvalue weighted by Gasteiger charge is 2.28. The maximum Gasteiger partial charge on any atom is 0.0475 e. The van der Waals surface area contributed by atoms with Crippen molar-refractivity contribution in [1.29, 1.82) is 0 Å². The Morgan fingerprint density at radius 3 is 2.12 bits per heavy atom. The molecule has 0 saturated heterocycles. The lowest BCUT2D eigenvalue weighted by Gasteiger charge is -2.16. The fourth-order valence-electron chi connectivity index (χ4n) is 1.25. The van der Waals surface area contributed by atoms with Gasteiger partial charge in [0.2, 0.25) is 0 Å². The van der Waals surface area contributed by atoms with Crippen molar-refractivity contribution in [3.63, 3.8) is 0 Å². The molecule has 0 heterocycles. The van der Waals surface area contributed by atoms with Crippen molar-refractivity contribution in [1.82, 2.24) is 0 Å². The molecule has 0 aromatic rings. The highest BCUT2D eigenvalue weighted by molar-refractivity contribution is 6.25. The van der Waals surface area contributed by atoms with Gasteiger partial charge in [0, 0.05) is 4.87 Å². The molecule has 0 atom stereocenters. The van der Waals surface area contributed by atoms with E-state index in [1.54, 1.807) is 0 Å². The molecule has 1 radical (unpaired) electrons. The summed E-state index contributed by atoms with van der Waals surface area (Å²) in [5.41, 5.74) is 0. The number of halogens is 1. The van der Waals surface area contributed by atoms with Crippen LogP contribution in [0, 0.1) is 6.42 Å². The van der Waals surface area contributed by atoms with Gasteiger partial charge in [0.25, 0.3) is 0 Å². The van der Waals surface area contributed by atoms with E-state index in [4.69, 9.17) is 11.6 Å². The summed E-state index contributed by atoms with van der Waals surface area (Å²) in [4.78, 5) is 0.0833. The molecular weight excluding hydrogens is 120 g/mol. The minimum absolute atomic E-state index is 0.0833. The van der Waals surface area contributed by atoms with E-state index in [2.05, 4.69) is 13.3 Å². The van der Waals surface area contributed by atoms with Gasteiger partial charge in [-0.05, 0) is 19.3 Å². The molecule has 0 spiro atoms.